The van der Waals surface area contributed by atoms with E-state index in [4.69, 9.17) is 5.26 Å². The Morgan fingerprint density at radius 3 is 2.33 bits per heavy atom. The van der Waals surface area contributed by atoms with Crippen LogP contribution in [0.3, 0.4) is 0 Å². The Labute approximate surface area is 122 Å². The maximum absolute atomic E-state index is 12.1. The van der Waals surface area contributed by atoms with Gasteiger partial charge in [0.05, 0.1) is 11.6 Å². The summed E-state index contributed by atoms with van der Waals surface area (Å²) in [7, 11) is 0. The lowest BCUT2D eigenvalue weighted by Gasteiger charge is -2.08. The van der Waals surface area contributed by atoms with E-state index in [-0.39, 0.29) is 11.8 Å². The topological polar surface area (TPSA) is 82.0 Å². The maximum atomic E-state index is 12.1. The molecule has 104 valence electrons. The fraction of sp³-hybridized carbons (Fsp3) is 0.0625. The number of nitriles is 1. The first kappa shape index (κ1) is 14.3. The molecule has 2 N–H and O–H groups in total. The molecule has 0 aromatic heterocycles. The van der Waals surface area contributed by atoms with Crippen molar-refractivity contribution in [3.05, 3.63) is 59.7 Å². The number of nitrogens with zero attached hydrogens (tertiary/aromatic N) is 1. The van der Waals surface area contributed by atoms with Crippen molar-refractivity contribution in [2.24, 2.45) is 0 Å². The van der Waals surface area contributed by atoms with Crippen molar-refractivity contribution in [3.63, 3.8) is 0 Å². The summed E-state index contributed by atoms with van der Waals surface area (Å²) < 4.78 is 0. The summed E-state index contributed by atoms with van der Waals surface area (Å²) in [5.74, 6) is -0.493. The number of benzene rings is 2. The van der Waals surface area contributed by atoms with Crippen LogP contribution in [0.15, 0.2) is 48.5 Å². The van der Waals surface area contributed by atoms with Gasteiger partial charge in [0.1, 0.15) is 0 Å². The molecule has 0 saturated heterocycles. The average molecular weight is 279 g/mol. The first-order chi connectivity index (χ1) is 10.1. The summed E-state index contributed by atoms with van der Waals surface area (Å²) in [6, 6.07) is 15.3. The van der Waals surface area contributed by atoms with Gasteiger partial charge in [0, 0.05) is 23.9 Å². The lowest BCUT2D eigenvalue weighted by Crippen LogP contribution is -2.12. The summed E-state index contributed by atoms with van der Waals surface area (Å²) >= 11 is 0. The normalized spacial score (nSPS) is 9.52. The molecule has 5 nitrogen and oxygen atoms in total. The van der Waals surface area contributed by atoms with Gasteiger partial charge in [-0.1, -0.05) is 12.1 Å². The standard InChI is InChI=1S/C16H13N3O2/c1-11(20)18-14-6-3-7-15(9-14)19-16(21)13-5-2-4-12(8-13)10-17/h2-9H,1H3,(H,18,20)(H,19,21). The van der Waals surface area contributed by atoms with E-state index in [1.165, 1.54) is 13.0 Å². The van der Waals surface area contributed by atoms with E-state index in [0.717, 1.165) is 0 Å². The van der Waals surface area contributed by atoms with Gasteiger partial charge in [0.15, 0.2) is 0 Å². The summed E-state index contributed by atoms with van der Waals surface area (Å²) in [6.07, 6.45) is 0. The van der Waals surface area contributed by atoms with E-state index in [9.17, 15) is 9.59 Å². The molecule has 0 radical (unpaired) electrons. The Kier molecular flexibility index (Phi) is 4.32. The predicted octanol–water partition coefficient (Wildman–Crippen LogP) is 2.77. The second-order valence-electron chi connectivity index (χ2n) is 4.41. The highest BCUT2D eigenvalue weighted by molar-refractivity contribution is 6.04. The van der Waals surface area contributed by atoms with E-state index in [2.05, 4.69) is 10.6 Å². The highest BCUT2D eigenvalue weighted by Crippen LogP contribution is 2.16. The monoisotopic (exact) mass is 279 g/mol. The molecule has 0 spiro atoms. The summed E-state index contributed by atoms with van der Waals surface area (Å²) in [4.78, 5) is 23.1. The van der Waals surface area contributed by atoms with Crippen LogP contribution in [0, 0.1) is 11.3 Å². The molecule has 0 heterocycles. The van der Waals surface area contributed by atoms with Crippen LogP contribution in [0.25, 0.3) is 0 Å². The smallest absolute Gasteiger partial charge is 0.255 e. The molecule has 0 atom stereocenters. The van der Waals surface area contributed by atoms with Gasteiger partial charge in [-0.2, -0.15) is 5.26 Å². The van der Waals surface area contributed by atoms with E-state index in [1.54, 1.807) is 42.5 Å². The van der Waals surface area contributed by atoms with Gasteiger partial charge in [0.25, 0.3) is 5.91 Å². The van der Waals surface area contributed by atoms with Gasteiger partial charge in [-0.3, -0.25) is 9.59 Å². The second kappa shape index (κ2) is 6.35. The van der Waals surface area contributed by atoms with Gasteiger partial charge in [-0.05, 0) is 36.4 Å². The van der Waals surface area contributed by atoms with Gasteiger partial charge in [0.2, 0.25) is 5.91 Å². The molecule has 0 aliphatic heterocycles. The number of carbonyl (C=O) groups excluding carboxylic acids is 2. The maximum Gasteiger partial charge on any atom is 0.255 e. The van der Waals surface area contributed by atoms with Crippen LogP contribution in [0.4, 0.5) is 11.4 Å². The molecule has 2 rings (SSSR count). The van der Waals surface area contributed by atoms with Crippen LogP contribution < -0.4 is 10.6 Å². The summed E-state index contributed by atoms with van der Waals surface area (Å²) in [5, 5.41) is 14.2. The van der Waals surface area contributed by atoms with E-state index >= 15 is 0 Å². The number of nitrogens with one attached hydrogen (secondary N) is 2. The largest absolute Gasteiger partial charge is 0.326 e. The van der Waals surface area contributed by atoms with Crippen molar-refractivity contribution >= 4 is 23.2 Å². The lowest BCUT2D eigenvalue weighted by atomic mass is 10.1. The Bertz CT molecular complexity index is 732. The zero-order valence-electron chi connectivity index (χ0n) is 11.4. The first-order valence-corrected chi connectivity index (χ1v) is 6.27. The van der Waals surface area contributed by atoms with Gasteiger partial charge in [-0.15, -0.1) is 0 Å². The van der Waals surface area contributed by atoms with Gasteiger partial charge < -0.3 is 10.6 Å². The van der Waals surface area contributed by atoms with Crippen LogP contribution in [0.5, 0.6) is 0 Å². The molecule has 0 saturated carbocycles. The molecule has 2 amide bonds. The Hall–Kier alpha value is -3.13. The number of amides is 2. The van der Waals surface area contributed by atoms with Gasteiger partial charge in [-0.25, -0.2) is 0 Å². The number of carbonyl (C=O) groups is 2. The minimum atomic E-state index is -0.313. The molecular formula is C16H13N3O2. The molecule has 0 aliphatic carbocycles. The second-order valence-corrected chi connectivity index (χ2v) is 4.41. The van der Waals surface area contributed by atoms with Crippen LogP contribution >= 0.6 is 0 Å². The molecule has 2 aromatic rings. The number of anilines is 2. The minimum absolute atomic E-state index is 0.180. The predicted molar refractivity (Wildman–Crippen MR) is 79.9 cm³/mol. The number of hydrogen-bond acceptors (Lipinski definition) is 3. The highest BCUT2D eigenvalue weighted by atomic mass is 16.2. The molecule has 2 aromatic carbocycles. The Balaban J connectivity index is 2.15. The van der Waals surface area contributed by atoms with E-state index < -0.39 is 0 Å². The third kappa shape index (κ3) is 3.91. The molecule has 0 bridgehead atoms. The Morgan fingerprint density at radius 2 is 1.67 bits per heavy atom. The van der Waals surface area contributed by atoms with Crippen molar-refractivity contribution in [3.8, 4) is 6.07 Å². The third-order valence-electron chi connectivity index (χ3n) is 2.69. The van der Waals surface area contributed by atoms with Crippen LogP contribution in [-0.2, 0) is 4.79 Å². The van der Waals surface area contributed by atoms with Crippen molar-refractivity contribution < 1.29 is 9.59 Å². The van der Waals surface area contributed by atoms with Gasteiger partial charge >= 0.3 is 0 Å². The van der Waals surface area contributed by atoms with Crippen molar-refractivity contribution in [2.45, 2.75) is 6.92 Å². The zero-order valence-corrected chi connectivity index (χ0v) is 11.4. The molecule has 21 heavy (non-hydrogen) atoms. The quantitative estimate of drug-likeness (QED) is 0.906. The zero-order chi connectivity index (χ0) is 15.2. The van der Waals surface area contributed by atoms with Crippen LogP contribution in [-0.4, -0.2) is 11.8 Å². The van der Waals surface area contributed by atoms with Crippen LogP contribution in [0.2, 0.25) is 0 Å². The van der Waals surface area contributed by atoms with Crippen LogP contribution in [0.1, 0.15) is 22.8 Å². The fourth-order valence-electron chi connectivity index (χ4n) is 1.81. The van der Waals surface area contributed by atoms with E-state index in [1.807, 2.05) is 6.07 Å². The van der Waals surface area contributed by atoms with Crippen molar-refractivity contribution in [1.29, 1.82) is 5.26 Å². The number of hydrogen-bond donors (Lipinski definition) is 2. The third-order valence-corrected chi connectivity index (χ3v) is 2.69. The highest BCUT2D eigenvalue weighted by Gasteiger charge is 2.07. The molecule has 0 fully saturated rings. The molecule has 0 aliphatic rings. The average Bonchev–Trinajstić information content (AvgIpc) is 2.47. The minimum Gasteiger partial charge on any atom is -0.326 e. The first-order valence-electron chi connectivity index (χ1n) is 6.27. The SMILES string of the molecule is CC(=O)Nc1cccc(NC(=O)c2cccc(C#N)c2)c1. The van der Waals surface area contributed by atoms with Crippen molar-refractivity contribution in [2.75, 3.05) is 10.6 Å². The molecule has 5 heteroatoms. The summed E-state index contributed by atoms with van der Waals surface area (Å²) in [5.41, 5.74) is 1.99. The lowest BCUT2D eigenvalue weighted by molar-refractivity contribution is -0.114. The van der Waals surface area contributed by atoms with E-state index in [0.29, 0.717) is 22.5 Å². The van der Waals surface area contributed by atoms with Crippen molar-refractivity contribution in [1.82, 2.24) is 0 Å². The fourth-order valence-corrected chi connectivity index (χ4v) is 1.81. The molecular weight excluding hydrogens is 266 g/mol. The Morgan fingerprint density at radius 1 is 1.00 bits per heavy atom. The number of rotatable bonds is 3. The summed E-state index contributed by atoms with van der Waals surface area (Å²) in [6.45, 7) is 1.42. The molecule has 0 unspecified atom stereocenters.